The van der Waals surface area contributed by atoms with E-state index in [1.807, 2.05) is 41.3 Å². The van der Waals surface area contributed by atoms with E-state index >= 15 is 0 Å². The number of fused-ring (bicyclic) bond motifs is 3. The SMILES string of the molecule is O.OCCN(CCO)CC(O)Cn1c2ccc(Cl)cc2c2cc(Cl)ccc21.[Ge]. The van der Waals surface area contributed by atoms with Crippen molar-refractivity contribution in [2.75, 3.05) is 32.8 Å². The number of benzene rings is 2. The van der Waals surface area contributed by atoms with Crippen LogP contribution in [0.3, 0.4) is 0 Å². The third-order valence-corrected chi connectivity index (χ3v) is 4.95. The molecule has 5 N–H and O–H groups in total. The summed E-state index contributed by atoms with van der Waals surface area (Å²) in [6.45, 7) is 1.55. The van der Waals surface area contributed by atoms with E-state index in [0.29, 0.717) is 36.2 Å². The molecule has 3 aromatic rings. The number of hydrogen-bond donors (Lipinski definition) is 3. The van der Waals surface area contributed by atoms with Gasteiger partial charge in [0, 0.05) is 69.1 Å². The predicted octanol–water partition coefficient (Wildman–Crippen LogP) is 1.54. The van der Waals surface area contributed by atoms with Crippen LogP contribution < -0.4 is 0 Å². The molecule has 0 spiro atoms. The van der Waals surface area contributed by atoms with Gasteiger partial charge in [-0.3, -0.25) is 4.90 Å². The van der Waals surface area contributed by atoms with E-state index < -0.39 is 6.10 Å². The first kappa shape index (κ1) is 25.2. The van der Waals surface area contributed by atoms with E-state index in [4.69, 9.17) is 33.4 Å². The summed E-state index contributed by atoms with van der Waals surface area (Å²) < 4.78 is 2.05. The first-order valence-corrected chi connectivity index (χ1v) is 9.28. The number of aliphatic hydroxyl groups is 3. The first-order valence-electron chi connectivity index (χ1n) is 8.52. The zero-order valence-electron chi connectivity index (χ0n) is 15.3. The average Bonchev–Trinajstić information content (AvgIpc) is 2.88. The Morgan fingerprint density at radius 3 is 1.79 bits per heavy atom. The minimum absolute atomic E-state index is 0. The number of aromatic nitrogens is 1. The fourth-order valence-corrected chi connectivity index (χ4v) is 3.73. The van der Waals surface area contributed by atoms with E-state index in [2.05, 4.69) is 4.57 Å². The van der Waals surface area contributed by atoms with Crippen LogP contribution >= 0.6 is 23.2 Å². The van der Waals surface area contributed by atoms with Crippen LogP contribution in [0.4, 0.5) is 0 Å². The molecule has 152 valence electrons. The Bertz CT molecular complexity index is 841. The molecule has 0 saturated carbocycles. The second kappa shape index (κ2) is 11.4. The van der Waals surface area contributed by atoms with Crippen molar-refractivity contribution < 1.29 is 20.8 Å². The van der Waals surface area contributed by atoms with Crippen molar-refractivity contribution in [2.24, 2.45) is 0 Å². The molecule has 1 atom stereocenters. The molecule has 1 heterocycles. The van der Waals surface area contributed by atoms with Crippen molar-refractivity contribution in [3.8, 4) is 0 Å². The second-order valence-electron chi connectivity index (χ2n) is 6.34. The van der Waals surface area contributed by atoms with E-state index in [0.717, 1.165) is 21.8 Å². The van der Waals surface area contributed by atoms with Gasteiger partial charge < -0.3 is 25.4 Å². The fraction of sp³-hybridized carbons (Fsp3) is 0.368. The minimum Gasteiger partial charge on any atom is -0.412 e. The van der Waals surface area contributed by atoms with E-state index in [1.54, 1.807) is 0 Å². The van der Waals surface area contributed by atoms with E-state index in [1.165, 1.54) is 0 Å². The summed E-state index contributed by atoms with van der Waals surface area (Å²) in [6.07, 6.45) is -0.654. The van der Waals surface area contributed by atoms with Gasteiger partial charge in [-0.1, -0.05) is 23.2 Å². The van der Waals surface area contributed by atoms with Gasteiger partial charge in [0.1, 0.15) is 0 Å². The Kier molecular flexibility index (Phi) is 10.2. The number of nitrogens with zero attached hydrogens (tertiary/aromatic N) is 2. The van der Waals surface area contributed by atoms with Crippen LogP contribution in [-0.2, 0) is 6.54 Å². The van der Waals surface area contributed by atoms with Crippen LogP contribution in [0.5, 0.6) is 0 Å². The molecule has 0 amide bonds. The van der Waals surface area contributed by atoms with Crippen LogP contribution in [0.25, 0.3) is 21.8 Å². The maximum atomic E-state index is 10.6. The summed E-state index contributed by atoms with van der Waals surface area (Å²) in [7, 11) is 0. The number of hydrogen-bond acceptors (Lipinski definition) is 4. The molecule has 28 heavy (non-hydrogen) atoms. The van der Waals surface area contributed by atoms with Gasteiger partial charge >= 0.3 is 0 Å². The zero-order valence-corrected chi connectivity index (χ0v) is 18.9. The van der Waals surface area contributed by atoms with Gasteiger partial charge in [-0.05, 0) is 36.4 Å². The molecular weight excluding hydrogens is 464 g/mol. The molecule has 4 radical (unpaired) electrons. The molecule has 1 aromatic heterocycles. The van der Waals surface area contributed by atoms with Crippen molar-refractivity contribution >= 4 is 62.6 Å². The van der Waals surface area contributed by atoms with Crippen molar-refractivity contribution in [2.45, 2.75) is 12.6 Å². The topological polar surface area (TPSA) is 100 Å². The summed E-state index contributed by atoms with van der Waals surface area (Å²) in [6, 6.07) is 11.4. The molecule has 6 nitrogen and oxygen atoms in total. The van der Waals surface area contributed by atoms with Gasteiger partial charge in [0.2, 0.25) is 0 Å². The number of aliphatic hydroxyl groups excluding tert-OH is 3. The van der Waals surface area contributed by atoms with Crippen LogP contribution in [0.2, 0.25) is 10.0 Å². The second-order valence-corrected chi connectivity index (χ2v) is 7.21. The average molecular weight is 488 g/mol. The van der Waals surface area contributed by atoms with Crippen LogP contribution in [0.15, 0.2) is 36.4 Å². The third kappa shape index (κ3) is 5.61. The smallest absolute Gasteiger partial charge is 0.0846 e. The van der Waals surface area contributed by atoms with Gasteiger partial charge in [-0.15, -0.1) is 0 Å². The largest absolute Gasteiger partial charge is 0.412 e. The van der Waals surface area contributed by atoms with Crippen LogP contribution in [0, 0.1) is 0 Å². The maximum Gasteiger partial charge on any atom is 0.0846 e. The van der Waals surface area contributed by atoms with Gasteiger partial charge in [-0.25, -0.2) is 0 Å². The quantitative estimate of drug-likeness (QED) is 0.420. The summed E-state index contributed by atoms with van der Waals surface area (Å²) in [5.74, 6) is 0. The monoisotopic (exact) mass is 488 g/mol. The number of halogens is 2. The van der Waals surface area contributed by atoms with Gasteiger partial charge in [0.15, 0.2) is 0 Å². The van der Waals surface area contributed by atoms with Crippen molar-refractivity contribution in [3.63, 3.8) is 0 Å². The Labute approximate surface area is 184 Å². The molecule has 2 aromatic carbocycles. The molecular formula is C19H24Cl2GeN2O4. The minimum atomic E-state index is -0.654. The van der Waals surface area contributed by atoms with Gasteiger partial charge in [0.05, 0.1) is 25.9 Å². The number of rotatable bonds is 8. The van der Waals surface area contributed by atoms with E-state index in [-0.39, 0.29) is 36.3 Å². The fourth-order valence-electron chi connectivity index (χ4n) is 3.39. The van der Waals surface area contributed by atoms with Crippen molar-refractivity contribution in [1.29, 1.82) is 0 Å². The molecule has 0 saturated heterocycles. The molecule has 3 rings (SSSR count). The standard InChI is InChI=1S/C19H22Cl2N2O3.Ge.H2O/c20-13-1-3-18-16(9-13)17-10-14(21)2-4-19(17)23(18)12-15(26)11-22(5-7-24)6-8-25;;/h1-4,9-10,15,24-26H,5-8,11-12H2;;1H2. The van der Waals surface area contributed by atoms with Crippen LogP contribution in [-0.4, -0.2) is 86.8 Å². The maximum absolute atomic E-state index is 10.6. The summed E-state index contributed by atoms with van der Waals surface area (Å²) in [5.41, 5.74) is 1.95. The van der Waals surface area contributed by atoms with E-state index in [9.17, 15) is 5.11 Å². The van der Waals surface area contributed by atoms with Crippen molar-refractivity contribution in [1.82, 2.24) is 9.47 Å². The molecule has 0 aliphatic heterocycles. The first-order chi connectivity index (χ1) is 12.5. The Morgan fingerprint density at radius 1 is 0.893 bits per heavy atom. The van der Waals surface area contributed by atoms with Crippen LogP contribution in [0.1, 0.15) is 0 Å². The molecule has 0 aliphatic rings. The Hall–Kier alpha value is -0.837. The summed E-state index contributed by atoms with van der Waals surface area (Å²) in [5, 5.41) is 32.1. The third-order valence-electron chi connectivity index (χ3n) is 4.48. The Morgan fingerprint density at radius 2 is 1.36 bits per heavy atom. The summed E-state index contributed by atoms with van der Waals surface area (Å²) >= 11 is 12.3. The Balaban J connectivity index is 0.00000196. The van der Waals surface area contributed by atoms with Gasteiger partial charge in [-0.2, -0.15) is 0 Å². The molecule has 1 unspecified atom stereocenters. The molecule has 9 heteroatoms. The molecule has 0 aliphatic carbocycles. The van der Waals surface area contributed by atoms with Gasteiger partial charge in [0.25, 0.3) is 0 Å². The zero-order chi connectivity index (χ0) is 18.7. The molecule has 0 bridgehead atoms. The van der Waals surface area contributed by atoms with Crippen molar-refractivity contribution in [3.05, 3.63) is 46.4 Å². The normalized spacial score (nSPS) is 12.2. The molecule has 0 fully saturated rings. The predicted molar refractivity (Wildman–Crippen MR) is 115 cm³/mol. The summed E-state index contributed by atoms with van der Waals surface area (Å²) in [4.78, 5) is 1.84.